The smallest absolute Gasteiger partial charge is 0.0781 e. The van der Waals surface area contributed by atoms with Crippen LogP contribution < -0.4 is 5.32 Å². The first kappa shape index (κ1) is 11.5. The molecule has 0 saturated heterocycles. The largest absolute Gasteiger partial charge is 0.389 e. The van der Waals surface area contributed by atoms with Crippen molar-refractivity contribution in [2.75, 3.05) is 11.9 Å². The summed E-state index contributed by atoms with van der Waals surface area (Å²) in [4.78, 5) is 0. The standard InChI is InChI=1S/C14H21NO/c1-11(16)13-8-4-5-9-14(13)15-10-12-6-2-3-7-12/h4-5,8-9,11-12,15-16H,2-3,6-7,10H2,1H3. The van der Waals surface area contributed by atoms with E-state index in [1.165, 1.54) is 25.7 Å². The molecule has 1 aliphatic carbocycles. The Morgan fingerprint density at radius 2 is 2.00 bits per heavy atom. The first-order valence-electron chi connectivity index (χ1n) is 6.28. The third kappa shape index (κ3) is 2.76. The van der Waals surface area contributed by atoms with Gasteiger partial charge in [-0.05, 0) is 31.7 Å². The minimum absolute atomic E-state index is 0.396. The molecule has 1 unspecified atom stereocenters. The zero-order valence-corrected chi connectivity index (χ0v) is 9.95. The second kappa shape index (κ2) is 5.35. The van der Waals surface area contributed by atoms with E-state index in [2.05, 4.69) is 11.4 Å². The first-order chi connectivity index (χ1) is 7.77. The summed E-state index contributed by atoms with van der Waals surface area (Å²) in [5.41, 5.74) is 2.09. The molecule has 1 atom stereocenters. The topological polar surface area (TPSA) is 32.3 Å². The third-order valence-electron chi connectivity index (χ3n) is 3.47. The Bertz CT molecular complexity index is 329. The van der Waals surface area contributed by atoms with Gasteiger partial charge in [0.25, 0.3) is 0 Å². The molecule has 1 aromatic carbocycles. The quantitative estimate of drug-likeness (QED) is 0.814. The molecule has 0 bridgehead atoms. The molecule has 0 spiro atoms. The van der Waals surface area contributed by atoms with Crippen LogP contribution in [0.15, 0.2) is 24.3 Å². The molecule has 0 aromatic heterocycles. The average Bonchev–Trinajstić information content (AvgIpc) is 2.79. The molecule has 88 valence electrons. The monoisotopic (exact) mass is 219 g/mol. The fraction of sp³-hybridized carbons (Fsp3) is 0.571. The van der Waals surface area contributed by atoms with Crippen LogP contribution in [0.3, 0.4) is 0 Å². The lowest BCUT2D eigenvalue weighted by Crippen LogP contribution is -2.12. The predicted octanol–water partition coefficient (Wildman–Crippen LogP) is 3.34. The molecule has 0 amide bonds. The maximum atomic E-state index is 9.66. The van der Waals surface area contributed by atoms with Crippen molar-refractivity contribution in [1.82, 2.24) is 0 Å². The molecule has 0 aliphatic heterocycles. The Morgan fingerprint density at radius 3 is 2.69 bits per heavy atom. The molecule has 2 heteroatoms. The van der Waals surface area contributed by atoms with Crippen LogP contribution in [-0.4, -0.2) is 11.7 Å². The number of nitrogens with one attached hydrogen (secondary N) is 1. The Hall–Kier alpha value is -1.02. The average molecular weight is 219 g/mol. The summed E-state index contributed by atoms with van der Waals surface area (Å²) in [5.74, 6) is 0.821. The van der Waals surface area contributed by atoms with Crippen molar-refractivity contribution >= 4 is 5.69 Å². The van der Waals surface area contributed by atoms with Crippen LogP contribution in [-0.2, 0) is 0 Å². The van der Waals surface area contributed by atoms with Crippen molar-refractivity contribution in [3.05, 3.63) is 29.8 Å². The van der Waals surface area contributed by atoms with Gasteiger partial charge in [-0.3, -0.25) is 0 Å². The molecule has 0 heterocycles. The van der Waals surface area contributed by atoms with Gasteiger partial charge in [-0.25, -0.2) is 0 Å². The lowest BCUT2D eigenvalue weighted by Gasteiger charge is -2.16. The third-order valence-corrected chi connectivity index (χ3v) is 3.47. The number of para-hydroxylation sites is 1. The van der Waals surface area contributed by atoms with Gasteiger partial charge in [-0.1, -0.05) is 31.0 Å². The number of benzene rings is 1. The van der Waals surface area contributed by atoms with Crippen LogP contribution >= 0.6 is 0 Å². The van der Waals surface area contributed by atoms with Gasteiger partial charge in [0, 0.05) is 17.8 Å². The van der Waals surface area contributed by atoms with E-state index in [4.69, 9.17) is 0 Å². The zero-order chi connectivity index (χ0) is 11.4. The molecule has 16 heavy (non-hydrogen) atoms. The fourth-order valence-electron chi connectivity index (χ4n) is 2.49. The van der Waals surface area contributed by atoms with Gasteiger partial charge in [0.1, 0.15) is 0 Å². The molecule has 1 aliphatic rings. The van der Waals surface area contributed by atoms with E-state index in [0.717, 1.165) is 23.7 Å². The fourth-order valence-corrected chi connectivity index (χ4v) is 2.49. The second-order valence-electron chi connectivity index (χ2n) is 4.79. The van der Waals surface area contributed by atoms with Crippen LogP contribution in [0.25, 0.3) is 0 Å². The molecule has 1 fully saturated rings. The summed E-state index contributed by atoms with van der Waals surface area (Å²) in [6.45, 7) is 2.86. The molecular formula is C14H21NO. The second-order valence-corrected chi connectivity index (χ2v) is 4.79. The summed E-state index contributed by atoms with van der Waals surface area (Å²) in [6, 6.07) is 8.03. The first-order valence-corrected chi connectivity index (χ1v) is 6.28. The van der Waals surface area contributed by atoms with Gasteiger partial charge in [0.2, 0.25) is 0 Å². The van der Waals surface area contributed by atoms with Crippen molar-refractivity contribution < 1.29 is 5.11 Å². The summed E-state index contributed by atoms with van der Waals surface area (Å²) >= 11 is 0. The van der Waals surface area contributed by atoms with Crippen molar-refractivity contribution in [2.45, 2.75) is 38.7 Å². The van der Waals surface area contributed by atoms with Gasteiger partial charge >= 0.3 is 0 Å². The highest BCUT2D eigenvalue weighted by Crippen LogP contribution is 2.27. The molecule has 1 aromatic rings. The van der Waals surface area contributed by atoms with Gasteiger partial charge in [0.15, 0.2) is 0 Å². The Balaban J connectivity index is 1.97. The number of aliphatic hydroxyl groups excluding tert-OH is 1. The van der Waals surface area contributed by atoms with Crippen molar-refractivity contribution in [3.63, 3.8) is 0 Å². The van der Waals surface area contributed by atoms with Crippen molar-refractivity contribution in [2.24, 2.45) is 5.92 Å². The highest BCUT2D eigenvalue weighted by atomic mass is 16.3. The highest BCUT2D eigenvalue weighted by Gasteiger charge is 2.15. The number of hydrogen-bond acceptors (Lipinski definition) is 2. The van der Waals surface area contributed by atoms with E-state index in [1.54, 1.807) is 0 Å². The van der Waals surface area contributed by atoms with Crippen LogP contribution in [0.5, 0.6) is 0 Å². The highest BCUT2D eigenvalue weighted by molar-refractivity contribution is 5.52. The van der Waals surface area contributed by atoms with Crippen molar-refractivity contribution in [3.8, 4) is 0 Å². The zero-order valence-electron chi connectivity index (χ0n) is 9.95. The van der Waals surface area contributed by atoms with Gasteiger partial charge in [-0.2, -0.15) is 0 Å². The Morgan fingerprint density at radius 1 is 1.31 bits per heavy atom. The Kier molecular flexibility index (Phi) is 3.83. The summed E-state index contributed by atoms with van der Waals surface area (Å²) < 4.78 is 0. The van der Waals surface area contributed by atoms with E-state index in [0.29, 0.717) is 0 Å². The molecule has 1 saturated carbocycles. The van der Waals surface area contributed by atoms with Crippen LogP contribution in [0.2, 0.25) is 0 Å². The molecule has 2 N–H and O–H groups in total. The van der Waals surface area contributed by atoms with E-state index in [1.807, 2.05) is 25.1 Å². The molecular weight excluding hydrogens is 198 g/mol. The molecule has 0 radical (unpaired) electrons. The normalized spacial score (nSPS) is 18.6. The van der Waals surface area contributed by atoms with E-state index < -0.39 is 6.10 Å². The van der Waals surface area contributed by atoms with Gasteiger partial charge in [-0.15, -0.1) is 0 Å². The molecule has 2 rings (SSSR count). The van der Waals surface area contributed by atoms with Gasteiger partial charge in [0.05, 0.1) is 6.10 Å². The minimum atomic E-state index is -0.396. The van der Waals surface area contributed by atoms with Crippen LogP contribution in [0, 0.1) is 5.92 Å². The lowest BCUT2D eigenvalue weighted by molar-refractivity contribution is 0.200. The Labute approximate surface area is 97.7 Å². The number of hydrogen-bond donors (Lipinski definition) is 2. The maximum absolute atomic E-state index is 9.66. The van der Waals surface area contributed by atoms with Crippen molar-refractivity contribution in [1.29, 1.82) is 0 Å². The number of rotatable bonds is 4. The number of anilines is 1. The molecule has 2 nitrogen and oxygen atoms in total. The number of aliphatic hydroxyl groups is 1. The SMILES string of the molecule is CC(O)c1ccccc1NCC1CCCC1. The minimum Gasteiger partial charge on any atom is -0.389 e. The summed E-state index contributed by atoms with van der Waals surface area (Å²) in [7, 11) is 0. The lowest BCUT2D eigenvalue weighted by atomic mass is 10.1. The summed E-state index contributed by atoms with van der Waals surface area (Å²) in [6.07, 6.45) is 5.06. The van der Waals surface area contributed by atoms with E-state index in [9.17, 15) is 5.11 Å². The maximum Gasteiger partial charge on any atom is 0.0781 e. The summed E-state index contributed by atoms with van der Waals surface area (Å²) in [5, 5.41) is 13.1. The predicted molar refractivity (Wildman–Crippen MR) is 67.5 cm³/mol. The van der Waals surface area contributed by atoms with E-state index in [-0.39, 0.29) is 0 Å². The van der Waals surface area contributed by atoms with Crippen LogP contribution in [0.1, 0.15) is 44.3 Å². The van der Waals surface area contributed by atoms with Gasteiger partial charge < -0.3 is 10.4 Å². The van der Waals surface area contributed by atoms with E-state index >= 15 is 0 Å². The van der Waals surface area contributed by atoms with Crippen LogP contribution in [0.4, 0.5) is 5.69 Å².